The Labute approximate surface area is 138 Å². The molecule has 0 aromatic heterocycles. The molecule has 0 N–H and O–H groups in total. The number of allylic oxidation sites excluding steroid dienone is 1. The van der Waals surface area contributed by atoms with Crippen molar-refractivity contribution in [2.45, 2.75) is 33.1 Å². The highest BCUT2D eigenvalue weighted by Gasteiger charge is 2.13. The van der Waals surface area contributed by atoms with Gasteiger partial charge in [0.25, 0.3) is 0 Å². The third-order valence-electron chi connectivity index (χ3n) is 3.63. The average molecular weight is 308 g/mol. The summed E-state index contributed by atoms with van der Waals surface area (Å²) in [5.41, 5.74) is 2.98. The summed E-state index contributed by atoms with van der Waals surface area (Å²) in [6, 6.07) is 15.5. The average Bonchev–Trinajstić information content (AvgIpc) is 2.53. The van der Waals surface area contributed by atoms with Gasteiger partial charge in [-0.05, 0) is 41.7 Å². The summed E-state index contributed by atoms with van der Waals surface area (Å²) in [6.07, 6.45) is 3.43. The molecular formula is C21H24O2. The Balaban J connectivity index is 2.10. The first-order chi connectivity index (χ1) is 10.9. The molecule has 0 atom stereocenters. The first-order valence-electron chi connectivity index (χ1n) is 7.96. The molecule has 0 radical (unpaired) electrons. The zero-order valence-electron chi connectivity index (χ0n) is 14.3. The molecule has 2 nitrogen and oxygen atoms in total. The minimum absolute atomic E-state index is 0.00673. The molecule has 0 saturated heterocycles. The fourth-order valence-electron chi connectivity index (χ4n) is 2.28. The van der Waals surface area contributed by atoms with Crippen molar-refractivity contribution in [2.75, 3.05) is 6.61 Å². The van der Waals surface area contributed by atoms with Crippen LogP contribution in [0.2, 0.25) is 0 Å². The van der Waals surface area contributed by atoms with Crippen molar-refractivity contribution in [3.63, 3.8) is 0 Å². The van der Waals surface area contributed by atoms with Gasteiger partial charge in [-0.2, -0.15) is 0 Å². The number of benzene rings is 2. The van der Waals surface area contributed by atoms with Gasteiger partial charge in [-0.3, -0.25) is 4.79 Å². The molecule has 0 fully saturated rings. The van der Waals surface area contributed by atoms with Crippen molar-refractivity contribution < 1.29 is 9.53 Å². The van der Waals surface area contributed by atoms with Crippen LogP contribution >= 0.6 is 0 Å². The first kappa shape index (κ1) is 17.0. The minimum Gasteiger partial charge on any atom is -0.494 e. The molecule has 2 aromatic rings. The Bertz CT molecular complexity index is 689. The fraction of sp³-hybridized carbons (Fsp3) is 0.286. The van der Waals surface area contributed by atoms with E-state index in [4.69, 9.17) is 4.74 Å². The Kier molecular flexibility index (Phi) is 5.38. The van der Waals surface area contributed by atoms with Crippen molar-refractivity contribution >= 4 is 11.9 Å². The Hall–Kier alpha value is -2.35. The highest BCUT2D eigenvalue weighted by molar-refractivity contribution is 6.06. The van der Waals surface area contributed by atoms with Gasteiger partial charge in [0.05, 0.1) is 6.61 Å². The lowest BCUT2D eigenvalue weighted by atomic mass is 9.86. The molecule has 0 saturated carbocycles. The van der Waals surface area contributed by atoms with E-state index in [9.17, 15) is 4.79 Å². The monoisotopic (exact) mass is 308 g/mol. The first-order valence-corrected chi connectivity index (χ1v) is 7.96. The predicted octanol–water partition coefficient (Wildman–Crippen LogP) is 5.28. The SMILES string of the molecule is CCOc1cccc(/C=C/C(=O)c2ccc(C(C)(C)C)cc2)c1. The normalized spacial score (nSPS) is 11.7. The van der Waals surface area contributed by atoms with Crippen LogP contribution in [0.1, 0.15) is 49.2 Å². The fourth-order valence-corrected chi connectivity index (χ4v) is 2.28. The number of carbonyl (C=O) groups excluding carboxylic acids is 1. The third-order valence-corrected chi connectivity index (χ3v) is 3.63. The molecule has 120 valence electrons. The molecule has 0 aliphatic carbocycles. The summed E-state index contributed by atoms with van der Waals surface area (Å²) >= 11 is 0. The maximum atomic E-state index is 12.3. The van der Waals surface area contributed by atoms with Crippen LogP contribution in [-0.2, 0) is 5.41 Å². The van der Waals surface area contributed by atoms with Crippen LogP contribution < -0.4 is 4.74 Å². The molecule has 2 heteroatoms. The van der Waals surface area contributed by atoms with Crippen LogP contribution in [0.5, 0.6) is 5.75 Å². The molecule has 0 amide bonds. The van der Waals surface area contributed by atoms with E-state index in [-0.39, 0.29) is 11.2 Å². The second kappa shape index (κ2) is 7.28. The van der Waals surface area contributed by atoms with E-state index in [0.717, 1.165) is 11.3 Å². The van der Waals surface area contributed by atoms with Crippen molar-refractivity contribution in [1.82, 2.24) is 0 Å². The van der Waals surface area contributed by atoms with Gasteiger partial charge >= 0.3 is 0 Å². The number of hydrogen-bond acceptors (Lipinski definition) is 2. The van der Waals surface area contributed by atoms with Gasteiger partial charge in [-0.15, -0.1) is 0 Å². The highest BCUT2D eigenvalue weighted by atomic mass is 16.5. The van der Waals surface area contributed by atoms with E-state index >= 15 is 0 Å². The highest BCUT2D eigenvalue weighted by Crippen LogP contribution is 2.22. The van der Waals surface area contributed by atoms with Crippen molar-refractivity contribution in [3.05, 3.63) is 71.3 Å². The van der Waals surface area contributed by atoms with Gasteiger partial charge in [0.2, 0.25) is 0 Å². The number of ketones is 1. The summed E-state index contributed by atoms with van der Waals surface area (Å²) < 4.78 is 5.46. The number of hydrogen-bond donors (Lipinski definition) is 0. The standard InChI is InChI=1S/C21H24O2/c1-5-23-19-8-6-7-16(15-19)9-14-20(22)17-10-12-18(13-11-17)21(2,3)4/h6-15H,5H2,1-4H3/b14-9+. The lowest BCUT2D eigenvalue weighted by molar-refractivity contribution is 0.104. The molecule has 0 aliphatic heterocycles. The molecule has 23 heavy (non-hydrogen) atoms. The van der Waals surface area contributed by atoms with Crippen molar-refractivity contribution in [3.8, 4) is 5.75 Å². The molecule has 2 aromatic carbocycles. The second-order valence-corrected chi connectivity index (χ2v) is 6.53. The number of carbonyl (C=O) groups is 1. The Morgan fingerprint density at radius 1 is 1.09 bits per heavy atom. The maximum Gasteiger partial charge on any atom is 0.185 e. The van der Waals surface area contributed by atoms with Gasteiger partial charge < -0.3 is 4.74 Å². The van der Waals surface area contributed by atoms with Crippen molar-refractivity contribution in [1.29, 1.82) is 0 Å². The largest absolute Gasteiger partial charge is 0.494 e. The maximum absolute atomic E-state index is 12.3. The molecule has 0 unspecified atom stereocenters. The summed E-state index contributed by atoms with van der Waals surface area (Å²) in [5, 5.41) is 0. The lowest BCUT2D eigenvalue weighted by Crippen LogP contribution is -2.11. The second-order valence-electron chi connectivity index (χ2n) is 6.53. The quantitative estimate of drug-likeness (QED) is 0.555. The summed E-state index contributed by atoms with van der Waals surface area (Å²) in [4.78, 5) is 12.3. The Morgan fingerprint density at radius 3 is 2.39 bits per heavy atom. The zero-order chi connectivity index (χ0) is 16.9. The smallest absolute Gasteiger partial charge is 0.185 e. The number of rotatable bonds is 5. The minimum atomic E-state index is 0.00673. The number of ether oxygens (including phenoxy) is 1. The molecule has 0 aliphatic rings. The summed E-state index contributed by atoms with van der Waals surface area (Å²) in [5.74, 6) is 0.823. The van der Waals surface area contributed by atoms with E-state index < -0.39 is 0 Å². The van der Waals surface area contributed by atoms with Gasteiger partial charge in [0, 0.05) is 5.56 Å². The van der Waals surface area contributed by atoms with E-state index in [1.807, 2.05) is 61.5 Å². The van der Waals surface area contributed by atoms with Crippen LogP contribution in [0.3, 0.4) is 0 Å². The van der Waals surface area contributed by atoms with Crippen LogP contribution in [0.4, 0.5) is 0 Å². The zero-order valence-corrected chi connectivity index (χ0v) is 14.3. The Morgan fingerprint density at radius 2 is 1.78 bits per heavy atom. The van der Waals surface area contributed by atoms with Gasteiger partial charge in [0.15, 0.2) is 5.78 Å². The van der Waals surface area contributed by atoms with Gasteiger partial charge in [-0.25, -0.2) is 0 Å². The molecule has 0 spiro atoms. The topological polar surface area (TPSA) is 26.3 Å². The van der Waals surface area contributed by atoms with Gasteiger partial charge in [-0.1, -0.05) is 63.2 Å². The lowest BCUT2D eigenvalue weighted by Gasteiger charge is -2.18. The van der Waals surface area contributed by atoms with E-state index in [1.165, 1.54) is 5.56 Å². The van der Waals surface area contributed by atoms with Crippen LogP contribution in [-0.4, -0.2) is 12.4 Å². The molecular weight excluding hydrogens is 284 g/mol. The predicted molar refractivity (Wildman–Crippen MR) is 96.1 cm³/mol. The van der Waals surface area contributed by atoms with E-state index in [2.05, 4.69) is 20.8 Å². The third kappa shape index (κ3) is 4.82. The van der Waals surface area contributed by atoms with Crippen molar-refractivity contribution in [2.24, 2.45) is 0 Å². The van der Waals surface area contributed by atoms with Crippen LogP contribution in [0.25, 0.3) is 6.08 Å². The molecule has 0 heterocycles. The van der Waals surface area contributed by atoms with E-state index in [1.54, 1.807) is 6.08 Å². The summed E-state index contributed by atoms with van der Waals surface area (Å²) in [6.45, 7) is 9.07. The molecule has 2 rings (SSSR count). The summed E-state index contributed by atoms with van der Waals surface area (Å²) in [7, 11) is 0. The van der Waals surface area contributed by atoms with E-state index in [0.29, 0.717) is 12.2 Å². The van der Waals surface area contributed by atoms with Crippen LogP contribution in [0.15, 0.2) is 54.6 Å². The van der Waals surface area contributed by atoms with Crippen LogP contribution in [0, 0.1) is 0 Å². The molecule has 0 bridgehead atoms. The van der Waals surface area contributed by atoms with Gasteiger partial charge in [0.1, 0.15) is 5.75 Å².